The Kier molecular flexibility index (Phi) is 7.61. The standard InChI is InChI=1S/C25H36O7/c1-5-25(3,4)24(30)32-20-11-15(13-26)10-16-7-6-14(2)18(21(16)20)9-8-17-12-19(27)22(28)23(29)31-17/h6-7,10,14-15,17-21,26-27H,5,8-9,11-13H2,1-4H3/t14-,15-,17+,18-,19+,20-,21-/m0/s1. The number of aliphatic hydroxyl groups excluding tert-OH is 2. The van der Waals surface area contributed by atoms with E-state index in [4.69, 9.17) is 9.47 Å². The van der Waals surface area contributed by atoms with Crippen LogP contribution in [-0.4, -0.2) is 52.9 Å². The van der Waals surface area contributed by atoms with Crippen LogP contribution in [0.4, 0.5) is 0 Å². The van der Waals surface area contributed by atoms with Crippen molar-refractivity contribution in [3.05, 3.63) is 23.8 Å². The third-order valence-electron chi connectivity index (χ3n) is 7.49. The van der Waals surface area contributed by atoms with Crippen LogP contribution in [0, 0.1) is 29.1 Å². The molecule has 0 spiro atoms. The van der Waals surface area contributed by atoms with Gasteiger partial charge in [0.05, 0.1) is 5.41 Å². The van der Waals surface area contributed by atoms with Crippen molar-refractivity contribution in [2.75, 3.05) is 6.61 Å². The highest BCUT2D eigenvalue weighted by molar-refractivity contribution is 6.35. The molecule has 0 unspecified atom stereocenters. The van der Waals surface area contributed by atoms with Crippen LogP contribution in [-0.2, 0) is 23.9 Å². The fraction of sp³-hybridized carbons (Fsp3) is 0.720. The van der Waals surface area contributed by atoms with Gasteiger partial charge in [-0.3, -0.25) is 9.59 Å². The van der Waals surface area contributed by atoms with Crippen molar-refractivity contribution >= 4 is 17.7 Å². The molecule has 0 saturated carbocycles. The highest BCUT2D eigenvalue weighted by Gasteiger charge is 2.44. The second-order valence-electron chi connectivity index (χ2n) is 10.2. The van der Waals surface area contributed by atoms with Crippen molar-refractivity contribution < 1.29 is 34.1 Å². The summed E-state index contributed by atoms with van der Waals surface area (Å²) >= 11 is 0. The van der Waals surface area contributed by atoms with Crippen molar-refractivity contribution in [2.45, 2.75) is 78.1 Å². The van der Waals surface area contributed by atoms with Crippen LogP contribution in [0.25, 0.3) is 0 Å². The zero-order valence-corrected chi connectivity index (χ0v) is 19.5. The minimum Gasteiger partial charge on any atom is -0.461 e. The van der Waals surface area contributed by atoms with Crippen molar-refractivity contribution in [2.24, 2.45) is 29.1 Å². The van der Waals surface area contributed by atoms with Crippen LogP contribution in [0.5, 0.6) is 0 Å². The number of fused-ring (bicyclic) bond motifs is 1. The van der Waals surface area contributed by atoms with Crippen molar-refractivity contribution in [3.63, 3.8) is 0 Å². The number of rotatable bonds is 7. The molecule has 0 bridgehead atoms. The van der Waals surface area contributed by atoms with Gasteiger partial charge in [0.15, 0.2) is 0 Å². The topological polar surface area (TPSA) is 110 Å². The Labute approximate surface area is 189 Å². The van der Waals surface area contributed by atoms with Gasteiger partial charge in [-0.2, -0.15) is 0 Å². The summed E-state index contributed by atoms with van der Waals surface area (Å²) in [5.41, 5.74) is 0.488. The van der Waals surface area contributed by atoms with E-state index in [2.05, 4.69) is 25.2 Å². The Bertz CT molecular complexity index is 796. The smallest absolute Gasteiger partial charge is 0.377 e. The molecule has 7 atom stereocenters. The van der Waals surface area contributed by atoms with Crippen LogP contribution in [0.1, 0.15) is 59.8 Å². The SMILES string of the molecule is CCC(C)(C)C(=O)O[C@H]1C[C@@H](CO)C=C2C=C[C@H](C)[C@H](CC[C@@H]3C[C@@H](O)C(=O)C(=O)O3)[C@H]21. The van der Waals surface area contributed by atoms with E-state index in [1.807, 2.05) is 20.8 Å². The third kappa shape index (κ3) is 5.15. The number of ketones is 1. The number of cyclic esters (lactones) is 1. The zero-order chi connectivity index (χ0) is 23.6. The van der Waals surface area contributed by atoms with Gasteiger partial charge >= 0.3 is 11.9 Å². The Hall–Kier alpha value is -1.99. The maximum Gasteiger partial charge on any atom is 0.377 e. The molecule has 3 rings (SSSR count). The molecule has 1 fully saturated rings. The predicted octanol–water partition coefficient (Wildman–Crippen LogP) is 2.74. The molecule has 7 nitrogen and oxygen atoms in total. The van der Waals surface area contributed by atoms with Crippen molar-refractivity contribution in [1.82, 2.24) is 0 Å². The van der Waals surface area contributed by atoms with Crippen LogP contribution in [0.2, 0.25) is 0 Å². The largest absolute Gasteiger partial charge is 0.461 e. The van der Waals surface area contributed by atoms with E-state index >= 15 is 0 Å². The minimum atomic E-state index is -1.30. The summed E-state index contributed by atoms with van der Waals surface area (Å²) in [6.45, 7) is 7.84. The quantitative estimate of drug-likeness (QED) is 0.455. The summed E-state index contributed by atoms with van der Waals surface area (Å²) in [4.78, 5) is 36.1. The number of carbonyl (C=O) groups is 3. The van der Waals surface area contributed by atoms with Crippen LogP contribution < -0.4 is 0 Å². The Morgan fingerprint density at radius 1 is 1.25 bits per heavy atom. The van der Waals surface area contributed by atoms with Gasteiger partial charge in [-0.15, -0.1) is 0 Å². The van der Waals surface area contributed by atoms with Gasteiger partial charge in [0.1, 0.15) is 18.3 Å². The number of Topliss-reactive ketones (excluding diaryl/α,β-unsaturated/α-hetero) is 1. The summed E-state index contributed by atoms with van der Waals surface area (Å²) in [6.07, 6.45) is 6.71. The molecule has 7 heteroatoms. The predicted molar refractivity (Wildman–Crippen MR) is 117 cm³/mol. The average molecular weight is 449 g/mol. The third-order valence-corrected chi connectivity index (χ3v) is 7.49. The zero-order valence-electron chi connectivity index (χ0n) is 19.5. The van der Waals surface area contributed by atoms with E-state index in [1.165, 1.54) is 0 Å². The summed E-state index contributed by atoms with van der Waals surface area (Å²) in [5.74, 6) is -1.80. The maximum absolute atomic E-state index is 12.9. The first kappa shape index (κ1) is 24.6. The molecule has 2 aliphatic carbocycles. The van der Waals surface area contributed by atoms with E-state index in [-0.39, 0.29) is 48.8 Å². The van der Waals surface area contributed by atoms with Crippen LogP contribution in [0.3, 0.4) is 0 Å². The molecular formula is C25H36O7. The first-order chi connectivity index (χ1) is 15.1. The van der Waals surface area contributed by atoms with Gasteiger partial charge in [0.25, 0.3) is 5.78 Å². The molecule has 1 aliphatic heterocycles. The lowest BCUT2D eigenvalue weighted by Crippen LogP contribution is -2.44. The number of allylic oxidation sites excluding steroid dienone is 2. The Morgan fingerprint density at radius 2 is 1.97 bits per heavy atom. The summed E-state index contributed by atoms with van der Waals surface area (Å²) in [6, 6.07) is 0. The molecule has 1 heterocycles. The van der Waals surface area contributed by atoms with Crippen molar-refractivity contribution in [3.8, 4) is 0 Å². The fourth-order valence-corrected chi connectivity index (χ4v) is 4.97. The van der Waals surface area contributed by atoms with Crippen molar-refractivity contribution in [1.29, 1.82) is 0 Å². The maximum atomic E-state index is 12.9. The monoisotopic (exact) mass is 448 g/mol. The molecule has 0 aromatic rings. The number of hydrogen-bond donors (Lipinski definition) is 2. The molecule has 0 amide bonds. The molecule has 3 aliphatic rings. The molecular weight excluding hydrogens is 412 g/mol. The summed E-state index contributed by atoms with van der Waals surface area (Å²) < 4.78 is 11.3. The number of esters is 2. The van der Waals surface area contributed by atoms with Gasteiger partial charge in [-0.05, 0) is 56.9 Å². The van der Waals surface area contributed by atoms with E-state index in [0.717, 1.165) is 5.57 Å². The van der Waals surface area contributed by atoms with Gasteiger partial charge in [-0.25, -0.2) is 4.79 Å². The normalized spacial score (nSPS) is 35.1. The van der Waals surface area contributed by atoms with Gasteiger partial charge in [-0.1, -0.05) is 32.1 Å². The second-order valence-corrected chi connectivity index (χ2v) is 10.2. The van der Waals surface area contributed by atoms with E-state index in [0.29, 0.717) is 25.7 Å². The van der Waals surface area contributed by atoms with E-state index in [9.17, 15) is 24.6 Å². The first-order valence-corrected chi connectivity index (χ1v) is 11.7. The molecule has 0 radical (unpaired) electrons. The lowest BCUT2D eigenvalue weighted by molar-refractivity contribution is -0.170. The number of carbonyl (C=O) groups excluding carboxylic acids is 3. The average Bonchev–Trinajstić information content (AvgIpc) is 2.76. The number of hydrogen-bond acceptors (Lipinski definition) is 7. The fourth-order valence-electron chi connectivity index (χ4n) is 4.97. The van der Waals surface area contributed by atoms with Crippen LogP contribution >= 0.6 is 0 Å². The molecule has 1 saturated heterocycles. The summed E-state index contributed by atoms with van der Waals surface area (Å²) in [5, 5.41) is 19.6. The molecule has 2 N–H and O–H groups in total. The highest BCUT2D eigenvalue weighted by atomic mass is 16.6. The van der Waals surface area contributed by atoms with Gasteiger partial charge < -0.3 is 19.7 Å². The molecule has 0 aromatic carbocycles. The molecule has 0 aromatic heterocycles. The second kappa shape index (κ2) is 9.87. The number of ether oxygens (including phenoxy) is 2. The minimum absolute atomic E-state index is 0.000552. The lowest BCUT2D eigenvalue weighted by Gasteiger charge is -2.44. The lowest BCUT2D eigenvalue weighted by atomic mass is 9.65. The molecule has 32 heavy (non-hydrogen) atoms. The van der Waals surface area contributed by atoms with E-state index < -0.39 is 29.4 Å². The number of aliphatic hydroxyl groups is 2. The van der Waals surface area contributed by atoms with E-state index in [1.54, 1.807) is 0 Å². The Morgan fingerprint density at radius 3 is 2.59 bits per heavy atom. The first-order valence-electron chi connectivity index (χ1n) is 11.7. The summed E-state index contributed by atoms with van der Waals surface area (Å²) in [7, 11) is 0. The van der Waals surface area contributed by atoms with Crippen LogP contribution in [0.15, 0.2) is 23.8 Å². The Balaban J connectivity index is 1.79. The van der Waals surface area contributed by atoms with Gasteiger partial charge in [0, 0.05) is 24.9 Å². The highest BCUT2D eigenvalue weighted by Crippen LogP contribution is 2.45. The molecule has 178 valence electrons. The van der Waals surface area contributed by atoms with Gasteiger partial charge in [0.2, 0.25) is 0 Å².